The first-order valence-corrected chi connectivity index (χ1v) is 5.20. The lowest BCUT2D eigenvalue weighted by molar-refractivity contribution is 0.0866. The van der Waals surface area contributed by atoms with Crippen molar-refractivity contribution in [3.8, 4) is 0 Å². The van der Waals surface area contributed by atoms with Crippen LogP contribution in [-0.4, -0.2) is 26.0 Å². The molecule has 0 aromatic heterocycles. The average Bonchev–Trinajstić information content (AvgIpc) is 2.14. The third-order valence-electron chi connectivity index (χ3n) is 2.18. The molecule has 2 N–H and O–H groups in total. The zero-order valence-corrected chi connectivity index (χ0v) is 9.39. The van der Waals surface area contributed by atoms with Gasteiger partial charge in [0.2, 0.25) is 0 Å². The van der Waals surface area contributed by atoms with Crippen LogP contribution in [0.1, 0.15) is 40.0 Å². The molecule has 0 aliphatic heterocycles. The van der Waals surface area contributed by atoms with Crippen LogP contribution >= 0.6 is 0 Å². The summed E-state index contributed by atoms with van der Waals surface area (Å²) in [6.45, 7) is 7.26. The summed E-state index contributed by atoms with van der Waals surface area (Å²) < 4.78 is 5.06. The van der Waals surface area contributed by atoms with Crippen LogP contribution in [0.15, 0.2) is 0 Å². The van der Waals surface area contributed by atoms with Crippen molar-refractivity contribution < 1.29 is 4.74 Å². The Balaban J connectivity index is 3.21. The Morgan fingerprint density at radius 1 is 1.23 bits per heavy atom. The van der Waals surface area contributed by atoms with Gasteiger partial charge in [-0.15, -0.1) is 0 Å². The molecule has 2 atom stereocenters. The van der Waals surface area contributed by atoms with Crippen molar-refractivity contribution in [3.63, 3.8) is 0 Å². The van der Waals surface area contributed by atoms with Gasteiger partial charge in [0.1, 0.15) is 6.23 Å². The summed E-state index contributed by atoms with van der Waals surface area (Å²) in [4.78, 5) is 0. The van der Waals surface area contributed by atoms with Crippen LogP contribution in [0.4, 0.5) is 0 Å². The lowest BCUT2D eigenvalue weighted by Gasteiger charge is -2.16. The summed E-state index contributed by atoms with van der Waals surface area (Å²) in [5.41, 5.74) is 0. The number of rotatable bonds is 8. The number of methoxy groups -OCH3 is 1. The zero-order valence-electron chi connectivity index (χ0n) is 9.39. The van der Waals surface area contributed by atoms with Crippen molar-refractivity contribution in [3.05, 3.63) is 0 Å². The van der Waals surface area contributed by atoms with E-state index in [0.717, 1.165) is 6.67 Å². The quantitative estimate of drug-likeness (QED) is 0.569. The molecule has 0 bridgehead atoms. The number of unbranched alkanes of at least 4 members (excludes halogenated alkanes) is 1. The fraction of sp³-hybridized carbons (Fsp3) is 1.00. The van der Waals surface area contributed by atoms with E-state index < -0.39 is 0 Å². The molecule has 0 radical (unpaired) electrons. The smallest absolute Gasteiger partial charge is 0.105 e. The maximum absolute atomic E-state index is 5.06. The van der Waals surface area contributed by atoms with Gasteiger partial charge in [-0.2, -0.15) is 0 Å². The second-order valence-corrected chi connectivity index (χ2v) is 3.51. The van der Waals surface area contributed by atoms with Crippen molar-refractivity contribution in [1.82, 2.24) is 10.6 Å². The Kier molecular flexibility index (Phi) is 8.40. The second kappa shape index (κ2) is 8.48. The number of nitrogens with one attached hydrogen (secondary N) is 2. The second-order valence-electron chi connectivity index (χ2n) is 3.51. The number of hydrogen-bond acceptors (Lipinski definition) is 3. The van der Waals surface area contributed by atoms with Gasteiger partial charge in [0, 0.05) is 19.8 Å². The van der Waals surface area contributed by atoms with Crippen LogP contribution in [0.2, 0.25) is 0 Å². The van der Waals surface area contributed by atoms with Gasteiger partial charge in [-0.1, -0.05) is 19.8 Å². The summed E-state index contributed by atoms with van der Waals surface area (Å²) in [7, 11) is 1.71. The molecule has 3 heteroatoms. The van der Waals surface area contributed by atoms with E-state index >= 15 is 0 Å². The van der Waals surface area contributed by atoms with Crippen molar-refractivity contribution >= 4 is 0 Å². The number of ether oxygens (including phenoxy) is 1. The molecule has 0 aromatic carbocycles. The highest BCUT2D eigenvalue weighted by molar-refractivity contribution is 4.59. The lowest BCUT2D eigenvalue weighted by atomic mass is 10.1. The van der Waals surface area contributed by atoms with Crippen LogP contribution in [0.25, 0.3) is 0 Å². The molecule has 2 unspecified atom stereocenters. The summed E-state index contributed by atoms with van der Waals surface area (Å²) in [6, 6.07) is 0.594. The van der Waals surface area contributed by atoms with Crippen LogP contribution in [-0.2, 0) is 4.74 Å². The molecule has 0 aliphatic rings. The predicted molar refractivity (Wildman–Crippen MR) is 56.6 cm³/mol. The van der Waals surface area contributed by atoms with Gasteiger partial charge in [0.25, 0.3) is 0 Å². The molecule has 0 heterocycles. The van der Waals surface area contributed by atoms with Crippen molar-refractivity contribution in [2.75, 3.05) is 13.8 Å². The van der Waals surface area contributed by atoms with E-state index in [4.69, 9.17) is 4.74 Å². The molecule has 0 aromatic rings. The van der Waals surface area contributed by atoms with Gasteiger partial charge in [0.15, 0.2) is 0 Å². The normalized spacial score (nSPS) is 15.7. The molecule has 0 rings (SSSR count). The Morgan fingerprint density at radius 2 is 1.92 bits per heavy atom. The van der Waals surface area contributed by atoms with Crippen molar-refractivity contribution in [2.45, 2.75) is 52.3 Å². The van der Waals surface area contributed by atoms with E-state index in [1.54, 1.807) is 7.11 Å². The molecule has 0 aliphatic carbocycles. The molecule has 3 nitrogen and oxygen atoms in total. The Bertz CT molecular complexity index is 109. The van der Waals surface area contributed by atoms with Crippen LogP contribution in [0.5, 0.6) is 0 Å². The van der Waals surface area contributed by atoms with E-state index in [1.165, 1.54) is 19.3 Å². The highest BCUT2D eigenvalue weighted by Gasteiger charge is 2.00. The molecular formula is C10H24N2O. The molecular weight excluding hydrogens is 164 g/mol. The first-order chi connectivity index (χ1) is 6.20. The monoisotopic (exact) mass is 188 g/mol. The Labute approximate surface area is 82.2 Å². The molecule has 0 fully saturated rings. The molecule has 13 heavy (non-hydrogen) atoms. The topological polar surface area (TPSA) is 33.3 Å². The van der Waals surface area contributed by atoms with Crippen LogP contribution in [0, 0.1) is 0 Å². The van der Waals surface area contributed by atoms with Gasteiger partial charge in [-0.25, -0.2) is 0 Å². The lowest BCUT2D eigenvalue weighted by Crippen LogP contribution is -2.40. The molecule has 0 saturated heterocycles. The summed E-state index contributed by atoms with van der Waals surface area (Å²) in [5, 5.41) is 6.60. The van der Waals surface area contributed by atoms with Gasteiger partial charge < -0.3 is 10.1 Å². The Hall–Kier alpha value is -0.120. The first kappa shape index (κ1) is 12.9. The standard InChI is InChI=1S/C10H24N2O/c1-5-6-7-9(2)11-8-12-10(3)13-4/h9-12H,5-8H2,1-4H3. The fourth-order valence-electron chi connectivity index (χ4n) is 1.07. The Morgan fingerprint density at radius 3 is 2.46 bits per heavy atom. The largest absolute Gasteiger partial charge is 0.367 e. The summed E-state index contributed by atoms with van der Waals surface area (Å²) >= 11 is 0. The third-order valence-corrected chi connectivity index (χ3v) is 2.18. The minimum absolute atomic E-state index is 0.130. The maximum atomic E-state index is 5.06. The highest BCUT2D eigenvalue weighted by atomic mass is 16.5. The SMILES string of the molecule is CCCCC(C)NCNC(C)OC. The first-order valence-electron chi connectivity index (χ1n) is 5.20. The van der Waals surface area contributed by atoms with Gasteiger partial charge in [-0.05, 0) is 20.3 Å². The van der Waals surface area contributed by atoms with Gasteiger partial charge >= 0.3 is 0 Å². The van der Waals surface area contributed by atoms with Crippen molar-refractivity contribution in [1.29, 1.82) is 0 Å². The van der Waals surface area contributed by atoms with E-state index in [1.807, 2.05) is 6.92 Å². The summed E-state index contributed by atoms with van der Waals surface area (Å²) in [6.07, 6.45) is 3.95. The van der Waals surface area contributed by atoms with Gasteiger partial charge in [-0.3, -0.25) is 5.32 Å². The average molecular weight is 188 g/mol. The molecule has 80 valence electrons. The van der Waals surface area contributed by atoms with E-state index in [2.05, 4.69) is 24.5 Å². The van der Waals surface area contributed by atoms with Crippen LogP contribution in [0.3, 0.4) is 0 Å². The third kappa shape index (κ3) is 8.22. The van der Waals surface area contributed by atoms with E-state index in [-0.39, 0.29) is 6.23 Å². The zero-order chi connectivity index (χ0) is 10.1. The maximum Gasteiger partial charge on any atom is 0.105 e. The molecule has 0 saturated carbocycles. The predicted octanol–water partition coefficient (Wildman–Crippen LogP) is 1.69. The van der Waals surface area contributed by atoms with Gasteiger partial charge in [0.05, 0.1) is 0 Å². The summed E-state index contributed by atoms with van der Waals surface area (Å²) in [5.74, 6) is 0. The van der Waals surface area contributed by atoms with E-state index in [0.29, 0.717) is 6.04 Å². The minimum Gasteiger partial charge on any atom is -0.367 e. The fourth-order valence-corrected chi connectivity index (χ4v) is 1.07. The number of hydrogen-bond donors (Lipinski definition) is 2. The van der Waals surface area contributed by atoms with E-state index in [9.17, 15) is 0 Å². The minimum atomic E-state index is 0.130. The highest BCUT2D eigenvalue weighted by Crippen LogP contribution is 1.98. The van der Waals surface area contributed by atoms with Crippen molar-refractivity contribution in [2.24, 2.45) is 0 Å². The molecule has 0 spiro atoms. The molecule has 0 amide bonds. The van der Waals surface area contributed by atoms with Crippen LogP contribution < -0.4 is 10.6 Å².